The Labute approximate surface area is 130 Å². The molecule has 0 radical (unpaired) electrons. The van der Waals surface area contributed by atoms with Gasteiger partial charge in [-0.05, 0) is 54.4 Å². The number of aliphatic carboxylic acids is 1. The fourth-order valence-electron chi connectivity index (χ4n) is 1.55. The van der Waals surface area contributed by atoms with Crippen molar-refractivity contribution in [1.82, 2.24) is 5.32 Å². The molecule has 0 spiro atoms. The fraction of sp³-hybridized carbons (Fsp3) is 0.429. The summed E-state index contributed by atoms with van der Waals surface area (Å²) in [5.74, 6) is -1.71. The number of halogens is 2. The van der Waals surface area contributed by atoms with Gasteiger partial charge >= 0.3 is 12.1 Å². The van der Waals surface area contributed by atoms with E-state index >= 15 is 0 Å². The van der Waals surface area contributed by atoms with Crippen molar-refractivity contribution in [2.45, 2.75) is 38.8 Å². The molecule has 1 atom stereocenters. The van der Waals surface area contributed by atoms with E-state index < -0.39 is 29.5 Å². The van der Waals surface area contributed by atoms with E-state index in [1.54, 1.807) is 26.8 Å². The van der Waals surface area contributed by atoms with Crippen LogP contribution < -0.4 is 5.32 Å². The highest BCUT2D eigenvalue weighted by atomic mass is 79.9. The van der Waals surface area contributed by atoms with Gasteiger partial charge in [0.25, 0.3) is 0 Å². The summed E-state index contributed by atoms with van der Waals surface area (Å²) < 4.78 is 18.7. The van der Waals surface area contributed by atoms with Gasteiger partial charge in [0.2, 0.25) is 0 Å². The molecule has 5 nitrogen and oxygen atoms in total. The van der Waals surface area contributed by atoms with Crippen molar-refractivity contribution in [2.24, 2.45) is 0 Å². The van der Waals surface area contributed by atoms with Crippen LogP contribution in [0.3, 0.4) is 0 Å². The maximum atomic E-state index is 13.4. The molecule has 0 aliphatic carbocycles. The third-order valence-corrected chi connectivity index (χ3v) is 3.06. The highest BCUT2D eigenvalue weighted by Crippen LogP contribution is 2.17. The molecule has 1 amide bonds. The van der Waals surface area contributed by atoms with E-state index in [9.17, 15) is 14.0 Å². The predicted octanol–water partition coefficient (Wildman–Crippen LogP) is 3.11. The summed E-state index contributed by atoms with van der Waals surface area (Å²) >= 11 is 3.02. The lowest BCUT2D eigenvalue weighted by Gasteiger charge is -2.22. The van der Waals surface area contributed by atoms with Crippen LogP contribution in [0, 0.1) is 5.82 Å². The van der Waals surface area contributed by atoms with Crippen LogP contribution >= 0.6 is 15.9 Å². The van der Waals surface area contributed by atoms with Gasteiger partial charge in [0.1, 0.15) is 17.5 Å². The summed E-state index contributed by atoms with van der Waals surface area (Å²) in [6, 6.07) is 3.09. The van der Waals surface area contributed by atoms with E-state index in [-0.39, 0.29) is 6.42 Å². The smallest absolute Gasteiger partial charge is 0.408 e. The first kappa shape index (κ1) is 17.4. The summed E-state index contributed by atoms with van der Waals surface area (Å²) in [6.07, 6.45) is -0.869. The van der Waals surface area contributed by atoms with Gasteiger partial charge in [-0.15, -0.1) is 0 Å². The molecule has 0 aromatic heterocycles. The lowest BCUT2D eigenvalue weighted by Crippen LogP contribution is -2.44. The molecular weight excluding hydrogens is 345 g/mol. The SMILES string of the molecule is CC(C)(C)OC(=O)N[C@@H](Cc1ccc(Br)c(F)c1)C(=O)O. The Kier molecular flexibility index (Phi) is 5.71. The third kappa shape index (κ3) is 6.12. The van der Waals surface area contributed by atoms with Gasteiger partial charge in [0.05, 0.1) is 4.47 Å². The summed E-state index contributed by atoms with van der Waals surface area (Å²) in [7, 11) is 0. The number of hydrogen-bond acceptors (Lipinski definition) is 3. The molecule has 1 aromatic carbocycles. The minimum absolute atomic E-state index is 0.0429. The van der Waals surface area contributed by atoms with E-state index in [4.69, 9.17) is 9.84 Å². The summed E-state index contributed by atoms with van der Waals surface area (Å²) in [4.78, 5) is 22.8. The molecule has 0 unspecified atom stereocenters. The highest BCUT2D eigenvalue weighted by molar-refractivity contribution is 9.10. The van der Waals surface area contributed by atoms with Crippen molar-refractivity contribution in [3.63, 3.8) is 0 Å². The van der Waals surface area contributed by atoms with Crippen molar-refractivity contribution in [1.29, 1.82) is 0 Å². The number of carboxylic acids is 1. The molecular formula is C14H17BrFNO4. The van der Waals surface area contributed by atoms with Crippen LogP contribution in [0.4, 0.5) is 9.18 Å². The number of alkyl carbamates (subject to hydrolysis) is 1. The number of nitrogens with one attached hydrogen (secondary N) is 1. The molecule has 7 heteroatoms. The molecule has 0 aliphatic rings. The van der Waals surface area contributed by atoms with E-state index in [1.807, 2.05) is 0 Å². The topological polar surface area (TPSA) is 75.6 Å². The molecule has 0 fully saturated rings. The van der Waals surface area contributed by atoms with Gasteiger partial charge in [-0.3, -0.25) is 0 Å². The van der Waals surface area contributed by atoms with Gasteiger partial charge in [-0.2, -0.15) is 0 Å². The minimum atomic E-state index is -1.22. The number of carbonyl (C=O) groups is 2. The lowest BCUT2D eigenvalue weighted by molar-refractivity contribution is -0.139. The average Bonchev–Trinajstić information content (AvgIpc) is 2.30. The molecule has 1 aromatic rings. The standard InChI is InChI=1S/C14H17BrFNO4/c1-14(2,3)21-13(20)17-11(12(18)19)7-8-4-5-9(15)10(16)6-8/h4-6,11H,7H2,1-3H3,(H,17,20)(H,18,19)/t11-/m0/s1. The van der Waals surface area contributed by atoms with Crippen molar-refractivity contribution in [3.05, 3.63) is 34.1 Å². The first-order chi connectivity index (χ1) is 9.58. The van der Waals surface area contributed by atoms with Crippen LogP contribution in [0.5, 0.6) is 0 Å². The zero-order valence-electron chi connectivity index (χ0n) is 11.9. The van der Waals surface area contributed by atoms with E-state index in [0.717, 1.165) is 0 Å². The first-order valence-electron chi connectivity index (χ1n) is 6.25. The van der Waals surface area contributed by atoms with Crippen LogP contribution in [0.25, 0.3) is 0 Å². The Morgan fingerprint density at radius 3 is 2.52 bits per heavy atom. The zero-order valence-corrected chi connectivity index (χ0v) is 13.5. The molecule has 0 bridgehead atoms. The highest BCUT2D eigenvalue weighted by Gasteiger charge is 2.24. The summed E-state index contributed by atoms with van der Waals surface area (Å²) in [5.41, 5.74) is -0.268. The van der Waals surface area contributed by atoms with Crippen molar-refractivity contribution < 1.29 is 23.8 Å². The number of hydrogen-bond donors (Lipinski definition) is 2. The number of amides is 1. The van der Waals surface area contributed by atoms with Crippen LogP contribution in [0.1, 0.15) is 26.3 Å². The van der Waals surface area contributed by atoms with Crippen LogP contribution in [0.15, 0.2) is 22.7 Å². The molecule has 0 saturated heterocycles. The first-order valence-corrected chi connectivity index (χ1v) is 7.04. The fourth-order valence-corrected chi connectivity index (χ4v) is 1.80. The zero-order chi connectivity index (χ0) is 16.2. The monoisotopic (exact) mass is 361 g/mol. The molecule has 21 heavy (non-hydrogen) atoms. The Balaban J connectivity index is 2.76. The molecule has 1 rings (SSSR count). The second kappa shape index (κ2) is 6.89. The van der Waals surface area contributed by atoms with Crippen LogP contribution in [-0.4, -0.2) is 28.8 Å². The molecule has 0 aliphatic heterocycles. The quantitative estimate of drug-likeness (QED) is 0.863. The number of ether oxygens (including phenoxy) is 1. The van der Waals surface area contributed by atoms with Gasteiger partial charge in [-0.25, -0.2) is 14.0 Å². The third-order valence-electron chi connectivity index (χ3n) is 2.41. The van der Waals surface area contributed by atoms with Gasteiger partial charge in [0, 0.05) is 6.42 Å². The number of benzene rings is 1. The largest absolute Gasteiger partial charge is 0.480 e. The maximum Gasteiger partial charge on any atom is 0.408 e. The van der Waals surface area contributed by atoms with Crippen LogP contribution in [-0.2, 0) is 16.0 Å². The minimum Gasteiger partial charge on any atom is -0.480 e. The van der Waals surface area contributed by atoms with Gasteiger partial charge in [0.15, 0.2) is 0 Å². The van der Waals surface area contributed by atoms with Gasteiger partial charge < -0.3 is 15.2 Å². The molecule has 0 heterocycles. The number of carbonyl (C=O) groups excluding carboxylic acids is 1. The van der Waals surface area contributed by atoms with Crippen molar-refractivity contribution in [2.75, 3.05) is 0 Å². The Hall–Kier alpha value is -1.63. The lowest BCUT2D eigenvalue weighted by atomic mass is 10.1. The second-order valence-electron chi connectivity index (χ2n) is 5.49. The van der Waals surface area contributed by atoms with Crippen molar-refractivity contribution >= 4 is 28.0 Å². The van der Waals surface area contributed by atoms with Crippen molar-refractivity contribution in [3.8, 4) is 0 Å². The molecule has 2 N–H and O–H groups in total. The Bertz CT molecular complexity index is 542. The normalized spacial score (nSPS) is 12.6. The Morgan fingerprint density at radius 2 is 2.05 bits per heavy atom. The summed E-state index contributed by atoms with van der Waals surface area (Å²) in [6.45, 7) is 5.02. The van der Waals surface area contributed by atoms with E-state index in [0.29, 0.717) is 10.0 Å². The predicted molar refractivity (Wildman–Crippen MR) is 78.6 cm³/mol. The summed E-state index contributed by atoms with van der Waals surface area (Å²) in [5, 5.41) is 11.4. The van der Waals surface area contributed by atoms with Gasteiger partial charge in [-0.1, -0.05) is 6.07 Å². The van der Waals surface area contributed by atoms with E-state index in [1.165, 1.54) is 12.1 Å². The van der Waals surface area contributed by atoms with Crippen LogP contribution in [0.2, 0.25) is 0 Å². The number of carboxylic acid groups (broad SMARTS) is 1. The average molecular weight is 362 g/mol. The second-order valence-corrected chi connectivity index (χ2v) is 6.34. The Morgan fingerprint density at radius 1 is 1.43 bits per heavy atom. The molecule has 116 valence electrons. The maximum absolute atomic E-state index is 13.4. The van der Waals surface area contributed by atoms with E-state index in [2.05, 4.69) is 21.2 Å². The number of rotatable bonds is 4. The molecule has 0 saturated carbocycles.